The second-order valence-electron chi connectivity index (χ2n) is 3.55. The first-order valence-electron chi connectivity index (χ1n) is 5.07. The van der Waals surface area contributed by atoms with Crippen molar-refractivity contribution in [3.8, 4) is 5.06 Å². The summed E-state index contributed by atoms with van der Waals surface area (Å²) < 4.78 is 5.68. The second-order valence-corrected chi connectivity index (χ2v) is 4.47. The topological polar surface area (TPSA) is 9.23 Å². The van der Waals surface area contributed by atoms with Crippen LogP contribution >= 0.6 is 11.3 Å². The molecule has 0 amide bonds. The minimum atomic E-state index is 0.438. The van der Waals surface area contributed by atoms with Gasteiger partial charge in [-0.1, -0.05) is 37.3 Å². The van der Waals surface area contributed by atoms with Gasteiger partial charge in [0.05, 0.1) is 6.61 Å². The number of benzene rings is 1. The molecule has 15 heavy (non-hydrogen) atoms. The molecule has 1 aromatic heterocycles. The fraction of sp³-hybridized carbons (Fsp3) is 0.231. The quantitative estimate of drug-likeness (QED) is 0.755. The van der Waals surface area contributed by atoms with Gasteiger partial charge in [0, 0.05) is 5.92 Å². The van der Waals surface area contributed by atoms with E-state index in [-0.39, 0.29) is 0 Å². The van der Waals surface area contributed by atoms with E-state index in [1.165, 1.54) is 5.56 Å². The standard InChI is InChI=1S/C13H14OS/c1-11(12-6-3-2-4-7-12)10-14-13-8-5-9-15-13/h2-9,11H,10H2,1H3. The van der Waals surface area contributed by atoms with Crippen LogP contribution in [0.3, 0.4) is 0 Å². The normalized spacial score (nSPS) is 12.3. The molecule has 0 saturated carbocycles. The third-order valence-electron chi connectivity index (χ3n) is 2.34. The zero-order valence-electron chi connectivity index (χ0n) is 8.72. The molecule has 1 nitrogen and oxygen atoms in total. The van der Waals surface area contributed by atoms with Crippen molar-refractivity contribution in [3.63, 3.8) is 0 Å². The molecular formula is C13H14OS. The zero-order chi connectivity index (χ0) is 10.5. The van der Waals surface area contributed by atoms with Gasteiger partial charge in [0.2, 0.25) is 0 Å². The predicted molar refractivity (Wildman–Crippen MR) is 64.7 cm³/mol. The van der Waals surface area contributed by atoms with Gasteiger partial charge in [0.25, 0.3) is 0 Å². The molecule has 1 aromatic carbocycles. The first-order chi connectivity index (χ1) is 7.36. The summed E-state index contributed by atoms with van der Waals surface area (Å²) in [5.41, 5.74) is 1.33. The highest BCUT2D eigenvalue weighted by Crippen LogP contribution is 2.21. The zero-order valence-corrected chi connectivity index (χ0v) is 9.54. The van der Waals surface area contributed by atoms with Gasteiger partial charge >= 0.3 is 0 Å². The monoisotopic (exact) mass is 218 g/mol. The summed E-state index contributed by atoms with van der Waals surface area (Å²) in [7, 11) is 0. The van der Waals surface area contributed by atoms with Crippen LogP contribution in [0.15, 0.2) is 47.8 Å². The Kier molecular flexibility index (Phi) is 3.41. The Balaban J connectivity index is 1.90. The SMILES string of the molecule is CC(COc1cccs1)c1ccccc1. The summed E-state index contributed by atoms with van der Waals surface area (Å²) in [4.78, 5) is 0. The highest BCUT2D eigenvalue weighted by Gasteiger charge is 2.05. The van der Waals surface area contributed by atoms with Crippen molar-refractivity contribution in [2.45, 2.75) is 12.8 Å². The molecule has 2 heteroatoms. The summed E-state index contributed by atoms with van der Waals surface area (Å²) >= 11 is 1.64. The molecule has 78 valence electrons. The van der Waals surface area contributed by atoms with E-state index in [0.29, 0.717) is 5.92 Å². The highest BCUT2D eigenvalue weighted by molar-refractivity contribution is 7.11. The molecule has 0 aliphatic carbocycles. The Morgan fingerprint density at radius 3 is 2.60 bits per heavy atom. The van der Waals surface area contributed by atoms with Crippen LogP contribution in [0.4, 0.5) is 0 Å². The largest absolute Gasteiger partial charge is 0.483 e. The van der Waals surface area contributed by atoms with Crippen molar-refractivity contribution in [2.24, 2.45) is 0 Å². The van der Waals surface area contributed by atoms with E-state index >= 15 is 0 Å². The molecule has 0 radical (unpaired) electrons. The van der Waals surface area contributed by atoms with Crippen molar-refractivity contribution >= 4 is 11.3 Å². The average molecular weight is 218 g/mol. The fourth-order valence-electron chi connectivity index (χ4n) is 1.43. The molecule has 0 bridgehead atoms. The summed E-state index contributed by atoms with van der Waals surface area (Å²) in [5.74, 6) is 0.438. The van der Waals surface area contributed by atoms with Crippen LogP contribution in [0.1, 0.15) is 18.4 Å². The Labute approximate surface area is 94.3 Å². The van der Waals surface area contributed by atoms with Crippen molar-refractivity contribution in [1.29, 1.82) is 0 Å². The molecule has 0 N–H and O–H groups in total. The van der Waals surface area contributed by atoms with Crippen molar-refractivity contribution < 1.29 is 4.74 Å². The predicted octanol–water partition coefficient (Wildman–Crippen LogP) is 3.93. The second kappa shape index (κ2) is 4.99. The summed E-state index contributed by atoms with van der Waals surface area (Å²) in [6, 6.07) is 14.5. The lowest BCUT2D eigenvalue weighted by atomic mass is 10.0. The maximum Gasteiger partial charge on any atom is 0.173 e. The number of ether oxygens (including phenoxy) is 1. The minimum absolute atomic E-state index is 0.438. The molecular weight excluding hydrogens is 204 g/mol. The third kappa shape index (κ3) is 2.83. The van der Waals surface area contributed by atoms with E-state index in [0.717, 1.165) is 11.7 Å². The Morgan fingerprint density at radius 2 is 1.93 bits per heavy atom. The number of hydrogen-bond donors (Lipinski definition) is 0. The first-order valence-corrected chi connectivity index (χ1v) is 5.95. The number of thiophene rings is 1. The highest BCUT2D eigenvalue weighted by atomic mass is 32.1. The van der Waals surface area contributed by atoms with E-state index in [4.69, 9.17) is 4.74 Å². The molecule has 1 heterocycles. The minimum Gasteiger partial charge on any atom is -0.483 e. The lowest BCUT2D eigenvalue weighted by molar-refractivity contribution is 0.304. The van der Waals surface area contributed by atoms with Crippen LogP contribution in [0.5, 0.6) is 5.06 Å². The van der Waals surface area contributed by atoms with E-state index in [2.05, 4.69) is 31.2 Å². The molecule has 0 aliphatic rings. The van der Waals surface area contributed by atoms with Crippen molar-refractivity contribution in [3.05, 3.63) is 53.4 Å². The van der Waals surface area contributed by atoms with E-state index < -0.39 is 0 Å². The van der Waals surface area contributed by atoms with Gasteiger partial charge in [-0.25, -0.2) is 0 Å². The van der Waals surface area contributed by atoms with Crippen LogP contribution in [0, 0.1) is 0 Å². The maximum absolute atomic E-state index is 5.68. The Morgan fingerprint density at radius 1 is 1.13 bits per heavy atom. The van der Waals surface area contributed by atoms with Gasteiger partial charge in [-0.05, 0) is 23.1 Å². The van der Waals surface area contributed by atoms with Crippen LogP contribution in [-0.4, -0.2) is 6.61 Å². The van der Waals surface area contributed by atoms with Crippen molar-refractivity contribution in [2.75, 3.05) is 6.61 Å². The van der Waals surface area contributed by atoms with Crippen LogP contribution in [0.2, 0.25) is 0 Å². The molecule has 1 unspecified atom stereocenters. The van der Waals surface area contributed by atoms with Crippen LogP contribution in [0.25, 0.3) is 0 Å². The smallest absolute Gasteiger partial charge is 0.173 e. The third-order valence-corrected chi connectivity index (χ3v) is 3.12. The molecule has 0 spiro atoms. The van der Waals surface area contributed by atoms with Gasteiger partial charge in [-0.3, -0.25) is 0 Å². The van der Waals surface area contributed by atoms with Gasteiger partial charge < -0.3 is 4.74 Å². The maximum atomic E-state index is 5.68. The number of rotatable bonds is 4. The van der Waals surface area contributed by atoms with Crippen molar-refractivity contribution in [1.82, 2.24) is 0 Å². The molecule has 0 saturated heterocycles. The van der Waals surface area contributed by atoms with Gasteiger partial charge in [0.15, 0.2) is 5.06 Å². The van der Waals surface area contributed by atoms with Gasteiger partial charge in [-0.2, -0.15) is 0 Å². The molecule has 2 rings (SSSR count). The molecule has 0 fully saturated rings. The van der Waals surface area contributed by atoms with E-state index in [1.54, 1.807) is 11.3 Å². The van der Waals surface area contributed by atoms with Gasteiger partial charge in [0.1, 0.15) is 0 Å². The lowest BCUT2D eigenvalue weighted by Gasteiger charge is -2.11. The molecule has 0 aliphatic heterocycles. The number of hydrogen-bond acceptors (Lipinski definition) is 2. The van der Waals surface area contributed by atoms with Gasteiger partial charge in [-0.15, -0.1) is 11.3 Å². The van der Waals surface area contributed by atoms with E-state index in [9.17, 15) is 0 Å². The Bertz CT molecular complexity index is 380. The summed E-state index contributed by atoms with van der Waals surface area (Å²) in [6.45, 7) is 2.92. The molecule has 1 atom stereocenters. The first kappa shape index (κ1) is 10.2. The summed E-state index contributed by atoms with van der Waals surface area (Å²) in [6.07, 6.45) is 0. The Hall–Kier alpha value is -1.28. The molecule has 2 aromatic rings. The lowest BCUT2D eigenvalue weighted by Crippen LogP contribution is -2.05. The van der Waals surface area contributed by atoms with Crippen LogP contribution < -0.4 is 4.74 Å². The van der Waals surface area contributed by atoms with Crippen LogP contribution in [-0.2, 0) is 0 Å². The fourth-order valence-corrected chi connectivity index (χ4v) is 2.02. The average Bonchev–Trinajstić information content (AvgIpc) is 2.80. The van der Waals surface area contributed by atoms with E-state index in [1.807, 2.05) is 23.6 Å². The summed E-state index contributed by atoms with van der Waals surface area (Å²) in [5, 5.41) is 3.03.